The molecule has 0 aliphatic heterocycles. The second kappa shape index (κ2) is 3.68. The first kappa shape index (κ1) is 11.8. The van der Waals surface area contributed by atoms with Crippen LogP contribution in [0.25, 0.3) is 0 Å². The first-order valence-corrected chi connectivity index (χ1v) is 5.04. The van der Waals surface area contributed by atoms with Crippen LogP contribution < -0.4 is 0 Å². The largest absolute Gasteiger partial charge is 0.455 e. The lowest BCUT2D eigenvalue weighted by Crippen LogP contribution is -2.42. The summed E-state index contributed by atoms with van der Waals surface area (Å²) in [4.78, 5) is 0. The third kappa shape index (κ3) is 2.07. The van der Waals surface area contributed by atoms with Crippen LogP contribution in [0.3, 0.4) is 0 Å². The van der Waals surface area contributed by atoms with Crippen molar-refractivity contribution in [2.45, 2.75) is 31.0 Å². The van der Waals surface area contributed by atoms with Gasteiger partial charge in [-0.05, 0) is 18.8 Å². The number of fused-ring (bicyclic) bond motifs is 2. The second-order valence-electron chi connectivity index (χ2n) is 4.33. The normalized spacial score (nSPS) is 33.7. The number of rotatable bonds is 3. The summed E-state index contributed by atoms with van der Waals surface area (Å²) in [6.45, 7) is -1.57. The van der Waals surface area contributed by atoms with Gasteiger partial charge in [0, 0.05) is 5.92 Å². The molecule has 3 atom stereocenters. The molecule has 3 unspecified atom stereocenters. The van der Waals surface area contributed by atoms with Gasteiger partial charge in [-0.25, -0.2) is 0 Å². The van der Waals surface area contributed by atoms with E-state index in [4.69, 9.17) is 4.74 Å². The second-order valence-corrected chi connectivity index (χ2v) is 4.33. The van der Waals surface area contributed by atoms with E-state index in [1.54, 1.807) is 0 Å². The molecule has 0 radical (unpaired) electrons. The summed E-state index contributed by atoms with van der Waals surface area (Å²) in [5, 5.41) is 0. The summed E-state index contributed by atoms with van der Waals surface area (Å²) in [5.74, 6) is -4.46. The highest BCUT2D eigenvalue weighted by Gasteiger charge is 2.58. The minimum absolute atomic E-state index is 0.00836. The Morgan fingerprint density at radius 1 is 1.06 bits per heavy atom. The fourth-order valence-corrected chi connectivity index (χ4v) is 2.22. The maximum atomic E-state index is 12.6. The predicted octanol–water partition coefficient (Wildman–Crippen LogP) is 3.17. The van der Waals surface area contributed by atoms with E-state index in [0.717, 1.165) is 6.42 Å². The first-order chi connectivity index (χ1) is 7.29. The molecular formula is C10H11F5O. The third-order valence-electron chi connectivity index (χ3n) is 3.11. The van der Waals surface area contributed by atoms with E-state index in [1.807, 2.05) is 12.2 Å². The molecule has 1 fully saturated rings. The molecule has 1 nitrogen and oxygen atoms in total. The van der Waals surface area contributed by atoms with Gasteiger partial charge in [0.2, 0.25) is 0 Å². The van der Waals surface area contributed by atoms with Crippen molar-refractivity contribution in [3.8, 4) is 0 Å². The van der Waals surface area contributed by atoms with Gasteiger partial charge >= 0.3 is 12.1 Å². The molecule has 0 amide bonds. The summed E-state index contributed by atoms with van der Waals surface area (Å²) >= 11 is 0. The SMILES string of the molecule is FC(F)(F)C(F)(F)COC1CC2C=CC1C2. The van der Waals surface area contributed by atoms with E-state index in [9.17, 15) is 22.0 Å². The standard InChI is InChI=1S/C10H11F5O/c11-9(12,10(13,14)15)5-16-8-4-6-1-2-7(8)3-6/h1-2,6-8H,3-5H2. The van der Waals surface area contributed by atoms with Crippen molar-refractivity contribution in [3.05, 3.63) is 12.2 Å². The molecule has 92 valence electrons. The molecule has 0 N–H and O–H groups in total. The third-order valence-corrected chi connectivity index (χ3v) is 3.11. The zero-order valence-electron chi connectivity index (χ0n) is 8.31. The summed E-state index contributed by atoms with van der Waals surface area (Å²) < 4.78 is 65.4. The number of hydrogen-bond acceptors (Lipinski definition) is 1. The van der Waals surface area contributed by atoms with Crippen molar-refractivity contribution in [2.24, 2.45) is 11.8 Å². The molecule has 6 heteroatoms. The molecule has 0 aromatic heterocycles. The van der Waals surface area contributed by atoms with Crippen LogP contribution in [0.5, 0.6) is 0 Å². The fraction of sp³-hybridized carbons (Fsp3) is 0.800. The van der Waals surface area contributed by atoms with Crippen LogP contribution in [0.4, 0.5) is 22.0 Å². The Balaban J connectivity index is 1.86. The zero-order chi connectivity index (χ0) is 12.0. The number of hydrogen-bond donors (Lipinski definition) is 0. The number of alkyl halides is 5. The lowest BCUT2D eigenvalue weighted by molar-refractivity contribution is -0.300. The smallest absolute Gasteiger partial charge is 0.371 e. The van der Waals surface area contributed by atoms with Gasteiger partial charge in [-0.3, -0.25) is 0 Å². The molecule has 2 rings (SSSR count). The number of halogens is 5. The van der Waals surface area contributed by atoms with E-state index in [1.165, 1.54) is 0 Å². The average Bonchev–Trinajstić information content (AvgIpc) is 2.73. The van der Waals surface area contributed by atoms with Crippen LogP contribution in [0.1, 0.15) is 12.8 Å². The Labute approximate surface area is 89.3 Å². The van der Waals surface area contributed by atoms with Crippen molar-refractivity contribution >= 4 is 0 Å². The van der Waals surface area contributed by atoms with Crippen LogP contribution in [0.2, 0.25) is 0 Å². The van der Waals surface area contributed by atoms with Crippen molar-refractivity contribution in [2.75, 3.05) is 6.61 Å². The number of allylic oxidation sites excluding steroid dienone is 1. The first-order valence-electron chi connectivity index (χ1n) is 5.04. The van der Waals surface area contributed by atoms with E-state index in [-0.39, 0.29) is 11.8 Å². The lowest BCUT2D eigenvalue weighted by atomic mass is 10.0. The van der Waals surface area contributed by atoms with Crippen molar-refractivity contribution in [1.29, 1.82) is 0 Å². The summed E-state index contributed by atoms with van der Waals surface area (Å²) in [7, 11) is 0. The molecule has 1 saturated carbocycles. The summed E-state index contributed by atoms with van der Waals surface area (Å²) in [5.41, 5.74) is 0. The minimum atomic E-state index is -5.53. The topological polar surface area (TPSA) is 9.23 Å². The van der Waals surface area contributed by atoms with Crippen LogP contribution in [0, 0.1) is 11.8 Å². The molecule has 0 aromatic carbocycles. The minimum Gasteiger partial charge on any atom is -0.371 e. The van der Waals surface area contributed by atoms with E-state index in [2.05, 4.69) is 0 Å². The number of ether oxygens (including phenoxy) is 1. The average molecular weight is 242 g/mol. The van der Waals surface area contributed by atoms with Crippen molar-refractivity contribution in [1.82, 2.24) is 0 Å². The maximum absolute atomic E-state index is 12.6. The monoisotopic (exact) mass is 242 g/mol. The maximum Gasteiger partial charge on any atom is 0.455 e. The van der Waals surface area contributed by atoms with E-state index < -0.39 is 24.8 Å². The highest BCUT2D eigenvalue weighted by molar-refractivity contribution is 5.11. The van der Waals surface area contributed by atoms with Crippen LogP contribution >= 0.6 is 0 Å². The molecule has 0 heterocycles. The summed E-state index contributed by atoms with van der Waals surface area (Å²) in [6.07, 6.45) is -0.849. The fourth-order valence-electron chi connectivity index (χ4n) is 2.22. The van der Waals surface area contributed by atoms with Gasteiger partial charge in [-0.15, -0.1) is 0 Å². The predicted molar refractivity (Wildman–Crippen MR) is 46.1 cm³/mol. The van der Waals surface area contributed by atoms with E-state index >= 15 is 0 Å². The van der Waals surface area contributed by atoms with Crippen LogP contribution in [-0.2, 0) is 4.74 Å². The Bertz CT molecular complexity index is 296. The van der Waals surface area contributed by atoms with E-state index in [0.29, 0.717) is 6.42 Å². The quantitative estimate of drug-likeness (QED) is 0.545. The Morgan fingerprint density at radius 3 is 2.19 bits per heavy atom. The molecule has 2 bridgehead atoms. The molecule has 0 spiro atoms. The Hall–Kier alpha value is -0.650. The van der Waals surface area contributed by atoms with Gasteiger partial charge < -0.3 is 4.74 Å². The Morgan fingerprint density at radius 2 is 1.75 bits per heavy atom. The molecular weight excluding hydrogens is 231 g/mol. The van der Waals surface area contributed by atoms with Crippen LogP contribution in [0.15, 0.2) is 12.2 Å². The van der Waals surface area contributed by atoms with Gasteiger partial charge in [-0.2, -0.15) is 22.0 Å². The van der Waals surface area contributed by atoms with Gasteiger partial charge in [0.05, 0.1) is 6.10 Å². The zero-order valence-corrected chi connectivity index (χ0v) is 8.31. The molecule has 0 aromatic rings. The van der Waals surface area contributed by atoms with Gasteiger partial charge in [-0.1, -0.05) is 12.2 Å². The molecule has 2 aliphatic carbocycles. The van der Waals surface area contributed by atoms with Gasteiger partial charge in [0.1, 0.15) is 6.61 Å². The van der Waals surface area contributed by atoms with Gasteiger partial charge in [0.25, 0.3) is 0 Å². The van der Waals surface area contributed by atoms with Crippen molar-refractivity contribution < 1.29 is 26.7 Å². The van der Waals surface area contributed by atoms with Crippen LogP contribution in [-0.4, -0.2) is 24.8 Å². The molecule has 2 aliphatic rings. The van der Waals surface area contributed by atoms with Gasteiger partial charge in [0.15, 0.2) is 0 Å². The lowest BCUT2D eigenvalue weighted by Gasteiger charge is -2.24. The van der Waals surface area contributed by atoms with Crippen molar-refractivity contribution in [3.63, 3.8) is 0 Å². The highest BCUT2D eigenvalue weighted by atomic mass is 19.4. The highest BCUT2D eigenvalue weighted by Crippen LogP contribution is 2.42. The summed E-state index contributed by atoms with van der Waals surface area (Å²) in [6, 6.07) is 0. The molecule has 16 heavy (non-hydrogen) atoms. The Kier molecular flexibility index (Phi) is 2.72. The molecule has 0 saturated heterocycles.